The molecule has 2 aromatic carbocycles. The Kier molecular flexibility index (Phi) is 10.5. The number of benzene rings is 2. The van der Waals surface area contributed by atoms with Gasteiger partial charge in [-0.1, -0.05) is 23.2 Å². The van der Waals surface area contributed by atoms with Gasteiger partial charge in [-0.3, -0.25) is 9.59 Å². The Morgan fingerprint density at radius 3 is 2.21 bits per heavy atom. The van der Waals surface area contributed by atoms with Crippen LogP contribution in [0.5, 0.6) is 0 Å². The number of carbonyl (C=O) groups is 2. The van der Waals surface area contributed by atoms with Crippen molar-refractivity contribution in [2.75, 3.05) is 5.32 Å². The summed E-state index contributed by atoms with van der Waals surface area (Å²) in [5, 5.41) is 9.76. The maximum absolute atomic E-state index is 13.7. The number of hydrogen-bond donors (Lipinski definition) is 3. The van der Waals surface area contributed by atoms with Gasteiger partial charge in [-0.25, -0.2) is 22.8 Å². The van der Waals surface area contributed by atoms with Gasteiger partial charge in [0.05, 0.1) is 44.5 Å². The number of alkyl halides is 6. The van der Waals surface area contributed by atoms with E-state index in [1.807, 2.05) is 4.72 Å². The first-order valence-electron chi connectivity index (χ1n) is 13.6. The van der Waals surface area contributed by atoms with E-state index in [4.69, 9.17) is 23.2 Å². The molecule has 0 aliphatic carbocycles. The number of anilines is 1. The normalized spacial score (nSPS) is 12.3. The molecule has 0 aliphatic heterocycles. The number of carbonyl (C=O) groups excluding carboxylic acids is 2. The van der Waals surface area contributed by atoms with Crippen LogP contribution in [0.3, 0.4) is 0 Å². The largest absolute Gasteiger partial charge is 0.417 e. The van der Waals surface area contributed by atoms with E-state index in [1.165, 1.54) is 30.5 Å². The number of halogens is 8. The maximum Gasteiger partial charge on any atom is 0.417 e. The molecule has 256 valence electrons. The fraction of sp³-hybridized carbons (Fsp3) is 0.241. The quantitative estimate of drug-likeness (QED) is 0.162. The van der Waals surface area contributed by atoms with Gasteiger partial charge >= 0.3 is 12.4 Å². The van der Waals surface area contributed by atoms with Crippen LogP contribution >= 0.6 is 23.2 Å². The highest BCUT2D eigenvalue weighted by atomic mass is 35.5. The number of rotatable bonds is 9. The molecule has 4 rings (SSSR count). The van der Waals surface area contributed by atoms with Crippen LogP contribution in [0.2, 0.25) is 10.0 Å². The van der Waals surface area contributed by atoms with Crippen molar-refractivity contribution in [1.29, 1.82) is 0 Å². The minimum Gasteiger partial charge on any atom is -0.350 e. The second-order valence-corrected chi connectivity index (χ2v) is 13.1. The predicted octanol–water partition coefficient (Wildman–Crippen LogP) is 6.79. The minimum atomic E-state index is -5.52. The number of sulfonamides is 1. The Morgan fingerprint density at radius 1 is 0.938 bits per heavy atom. The number of hydrogen-bond acceptors (Lipinski definition) is 6. The fourth-order valence-electron chi connectivity index (χ4n) is 4.40. The molecule has 0 fully saturated rings. The van der Waals surface area contributed by atoms with Crippen LogP contribution in [0.25, 0.3) is 5.82 Å². The van der Waals surface area contributed by atoms with Crippen molar-refractivity contribution in [2.24, 2.45) is 0 Å². The third-order valence-electron chi connectivity index (χ3n) is 6.49. The minimum absolute atomic E-state index is 0.0193. The fourth-order valence-corrected chi connectivity index (χ4v) is 5.90. The molecule has 0 atom stereocenters. The summed E-state index contributed by atoms with van der Waals surface area (Å²) in [5.74, 6) is -1.47. The zero-order chi connectivity index (χ0) is 35.8. The molecule has 2 amide bonds. The van der Waals surface area contributed by atoms with Crippen LogP contribution in [-0.2, 0) is 28.9 Å². The van der Waals surface area contributed by atoms with Gasteiger partial charge in [0.25, 0.3) is 11.8 Å². The third kappa shape index (κ3) is 8.26. The number of nitrogens with zero attached hydrogens (tertiary/aromatic N) is 3. The molecular formula is C29H24Cl2F6N6O4S. The van der Waals surface area contributed by atoms with Crippen LogP contribution in [0, 0.1) is 6.92 Å². The monoisotopic (exact) mass is 736 g/mol. The van der Waals surface area contributed by atoms with E-state index in [1.54, 1.807) is 20.8 Å². The molecule has 3 N–H and O–H groups in total. The Bertz CT molecular complexity index is 2000. The van der Waals surface area contributed by atoms with E-state index in [0.717, 1.165) is 10.7 Å². The van der Waals surface area contributed by atoms with Gasteiger partial charge in [-0.15, -0.1) is 0 Å². The average Bonchev–Trinajstić information content (AvgIpc) is 3.40. The van der Waals surface area contributed by atoms with Gasteiger partial charge in [-0.2, -0.15) is 31.4 Å². The molecule has 0 saturated heterocycles. The Morgan fingerprint density at radius 2 is 1.60 bits per heavy atom. The van der Waals surface area contributed by atoms with Gasteiger partial charge in [0.1, 0.15) is 5.69 Å². The number of nitrogens with one attached hydrogen (secondary N) is 3. The molecule has 0 aliphatic rings. The van der Waals surface area contributed by atoms with E-state index in [0.29, 0.717) is 11.6 Å². The summed E-state index contributed by atoms with van der Waals surface area (Å²) in [6.45, 7) is 4.31. The molecule has 48 heavy (non-hydrogen) atoms. The SMILES string of the molecule is Cc1cc(Cl)cc(C(=O)NC(C)C)c1NC(=O)c1cc(CNS(=O)(=O)c2ccc(C(F)(F)F)c(C(F)(F)F)c2)nn1-c1ncccc1Cl. The lowest BCUT2D eigenvalue weighted by molar-refractivity contribution is -0.162. The summed E-state index contributed by atoms with van der Waals surface area (Å²) in [6.07, 6.45) is -9.59. The van der Waals surface area contributed by atoms with Crippen LogP contribution in [-0.4, -0.2) is 41.0 Å². The van der Waals surface area contributed by atoms with E-state index < -0.39 is 56.8 Å². The Hall–Kier alpha value is -4.19. The summed E-state index contributed by atoms with van der Waals surface area (Å²) in [6, 6.07) is 6.90. The topological polar surface area (TPSA) is 135 Å². The highest BCUT2D eigenvalue weighted by Gasteiger charge is 2.43. The molecule has 4 aromatic rings. The van der Waals surface area contributed by atoms with Crippen molar-refractivity contribution < 1.29 is 44.3 Å². The number of amides is 2. The van der Waals surface area contributed by atoms with Gasteiger partial charge in [0, 0.05) is 17.3 Å². The summed E-state index contributed by atoms with van der Waals surface area (Å²) < 4.78 is 109. The first-order chi connectivity index (χ1) is 22.2. The first-order valence-corrected chi connectivity index (χ1v) is 15.8. The number of pyridine rings is 1. The van der Waals surface area contributed by atoms with E-state index in [9.17, 15) is 44.3 Å². The Labute approximate surface area is 279 Å². The molecule has 10 nitrogen and oxygen atoms in total. The van der Waals surface area contributed by atoms with Crippen molar-refractivity contribution >= 4 is 50.7 Å². The lowest BCUT2D eigenvalue weighted by Gasteiger charge is -2.16. The van der Waals surface area contributed by atoms with E-state index in [2.05, 4.69) is 20.7 Å². The smallest absolute Gasteiger partial charge is 0.350 e. The predicted molar refractivity (Wildman–Crippen MR) is 164 cm³/mol. The maximum atomic E-state index is 13.7. The van der Waals surface area contributed by atoms with Gasteiger partial charge in [-0.05, 0) is 74.9 Å². The van der Waals surface area contributed by atoms with Crippen molar-refractivity contribution in [3.05, 3.63) is 98.4 Å². The zero-order valence-electron chi connectivity index (χ0n) is 24.9. The highest BCUT2D eigenvalue weighted by Crippen LogP contribution is 2.41. The van der Waals surface area contributed by atoms with E-state index >= 15 is 0 Å². The van der Waals surface area contributed by atoms with E-state index in [-0.39, 0.29) is 56.7 Å². The van der Waals surface area contributed by atoms with Crippen molar-refractivity contribution in [2.45, 2.75) is 50.6 Å². The second kappa shape index (κ2) is 13.7. The van der Waals surface area contributed by atoms with Crippen molar-refractivity contribution in [1.82, 2.24) is 24.8 Å². The summed E-state index contributed by atoms with van der Waals surface area (Å²) >= 11 is 12.4. The van der Waals surface area contributed by atoms with Crippen LogP contribution in [0.4, 0.5) is 32.0 Å². The summed E-state index contributed by atoms with van der Waals surface area (Å²) in [5.41, 5.74) is -4.14. The van der Waals surface area contributed by atoms with Crippen LogP contribution < -0.4 is 15.4 Å². The van der Waals surface area contributed by atoms with Crippen molar-refractivity contribution in [3.63, 3.8) is 0 Å². The molecule has 0 radical (unpaired) electrons. The van der Waals surface area contributed by atoms with Crippen LogP contribution in [0.15, 0.2) is 59.6 Å². The molecule has 2 aromatic heterocycles. The molecule has 0 saturated carbocycles. The molecule has 19 heteroatoms. The number of aromatic nitrogens is 3. The number of aryl methyl sites for hydroxylation is 1. The lowest BCUT2D eigenvalue weighted by atomic mass is 10.1. The summed E-state index contributed by atoms with van der Waals surface area (Å²) in [7, 11) is -4.85. The average molecular weight is 738 g/mol. The van der Waals surface area contributed by atoms with Gasteiger partial charge < -0.3 is 10.6 Å². The second-order valence-electron chi connectivity index (χ2n) is 10.5. The highest BCUT2D eigenvalue weighted by molar-refractivity contribution is 7.89. The first kappa shape index (κ1) is 36.6. The van der Waals surface area contributed by atoms with Crippen LogP contribution in [0.1, 0.15) is 57.1 Å². The molecule has 0 spiro atoms. The Balaban J connectivity index is 1.71. The molecular weight excluding hydrogens is 713 g/mol. The third-order valence-corrected chi connectivity index (χ3v) is 8.40. The summed E-state index contributed by atoms with van der Waals surface area (Å²) in [4.78, 5) is 29.6. The van der Waals surface area contributed by atoms with Gasteiger partial charge in [0.2, 0.25) is 10.0 Å². The molecule has 0 unspecified atom stereocenters. The van der Waals surface area contributed by atoms with Gasteiger partial charge in [0.15, 0.2) is 5.82 Å². The van der Waals surface area contributed by atoms with Crippen molar-refractivity contribution in [3.8, 4) is 5.82 Å². The molecule has 0 bridgehead atoms. The lowest BCUT2D eigenvalue weighted by Crippen LogP contribution is -2.31. The standard InChI is InChI=1S/C29H24Cl2F6N6O4S/c1-14(2)40-26(44)19-10-16(30)9-15(3)24(19)41-27(45)23-11-17(42-43(23)25-22(31)5-4-8-38-25)13-39-48(46,47)18-6-7-20(28(32,33)34)21(12-18)29(35,36)37/h4-12,14,39H,13H2,1-3H3,(H,40,44)(H,41,45). The molecule has 2 heterocycles. The zero-order valence-corrected chi connectivity index (χ0v) is 27.2.